The van der Waals surface area contributed by atoms with E-state index in [2.05, 4.69) is 0 Å². The van der Waals surface area contributed by atoms with Gasteiger partial charge < -0.3 is 9.47 Å². The first-order chi connectivity index (χ1) is 13.3. The highest BCUT2D eigenvalue weighted by Crippen LogP contribution is 2.36. The highest BCUT2D eigenvalue weighted by atomic mass is 32.2. The number of amides is 1. The van der Waals surface area contributed by atoms with Crippen LogP contribution in [0.1, 0.15) is 21.5 Å². The maximum absolute atomic E-state index is 13.4. The second kappa shape index (κ2) is 7.67. The van der Waals surface area contributed by atoms with Gasteiger partial charge >= 0.3 is 0 Å². The Balaban J connectivity index is 2.12. The van der Waals surface area contributed by atoms with Gasteiger partial charge in [-0.3, -0.25) is 9.69 Å². The first kappa shape index (κ1) is 19.9. The number of carbonyl (C=O) groups is 1. The van der Waals surface area contributed by atoms with E-state index >= 15 is 0 Å². The number of sulfone groups is 1. The van der Waals surface area contributed by atoms with Gasteiger partial charge in [-0.15, -0.1) is 0 Å². The molecule has 0 bridgehead atoms. The van der Waals surface area contributed by atoms with Crippen molar-refractivity contribution in [3.05, 3.63) is 64.6 Å². The quantitative estimate of drug-likeness (QED) is 0.769. The van der Waals surface area contributed by atoms with E-state index < -0.39 is 15.9 Å². The molecule has 1 aliphatic rings. The molecule has 0 aromatic heterocycles. The molecule has 148 valence electrons. The molecule has 1 aliphatic heterocycles. The van der Waals surface area contributed by atoms with Crippen LogP contribution in [-0.4, -0.2) is 40.3 Å². The summed E-state index contributed by atoms with van der Waals surface area (Å²) in [7, 11) is -0.313. The predicted octanol–water partition coefficient (Wildman–Crippen LogP) is 3.28. The molecule has 6 nitrogen and oxygen atoms in total. The minimum Gasteiger partial charge on any atom is -0.497 e. The summed E-state index contributed by atoms with van der Waals surface area (Å²) in [4.78, 5) is 14.9. The lowest BCUT2D eigenvalue weighted by Crippen LogP contribution is -2.41. The van der Waals surface area contributed by atoms with Crippen LogP contribution >= 0.6 is 0 Å². The lowest BCUT2D eigenvalue weighted by molar-refractivity contribution is 0.0982. The molecule has 0 fully saturated rings. The van der Waals surface area contributed by atoms with Crippen molar-refractivity contribution in [2.75, 3.05) is 24.9 Å². The highest BCUT2D eigenvalue weighted by molar-refractivity contribution is 7.94. The minimum atomic E-state index is -3.35. The van der Waals surface area contributed by atoms with Crippen LogP contribution in [0.4, 0.5) is 5.69 Å². The van der Waals surface area contributed by atoms with Crippen LogP contribution in [-0.2, 0) is 9.84 Å². The number of ether oxygens (including phenoxy) is 2. The standard InChI is InChI=1S/C21H23NO5S/c1-14-5-6-16(11-15(14)2)21(23)22(17-9-10-28(24,25)13-17)19-8-7-18(26-3)12-20(19)27-4/h5-12,17H,13H2,1-4H3. The lowest BCUT2D eigenvalue weighted by Gasteiger charge is -2.29. The molecular weight excluding hydrogens is 378 g/mol. The van der Waals surface area contributed by atoms with Crippen LogP contribution in [0.5, 0.6) is 11.5 Å². The van der Waals surface area contributed by atoms with Crippen molar-refractivity contribution in [1.29, 1.82) is 0 Å². The number of nitrogens with zero attached hydrogens (tertiary/aromatic N) is 1. The van der Waals surface area contributed by atoms with Crippen molar-refractivity contribution < 1.29 is 22.7 Å². The maximum Gasteiger partial charge on any atom is 0.258 e. The van der Waals surface area contributed by atoms with Crippen LogP contribution in [0.2, 0.25) is 0 Å². The number of rotatable bonds is 5. The number of methoxy groups -OCH3 is 2. The number of hydrogen-bond acceptors (Lipinski definition) is 5. The lowest BCUT2D eigenvalue weighted by atomic mass is 10.0. The molecule has 3 rings (SSSR count). The van der Waals surface area contributed by atoms with E-state index in [0.29, 0.717) is 22.7 Å². The summed E-state index contributed by atoms with van der Waals surface area (Å²) in [6.45, 7) is 3.91. The second-order valence-electron chi connectivity index (χ2n) is 6.74. The summed E-state index contributed by atoms with van der Waals surface area (Å²) in [5.41, 5.74) is 3.03. The predicted molar refractivity (Wildman–Crippen MR) is 109 cm³/mol. The number of aryl methyl sites for hydroxylation is 2. The van der Waals surface area contributed by atoms with E-state index in [0.717, 1.165) is 16.5 Å². The Bertz CT molecular complexity index is 1040. The monoisotopic (exact) mass is 401 g/mol. The van der Waals surface area contributed by atoms with Gasteiger partial charge in [0.2, 0.25) is 0 Å². The molecule has 0 saturated carbocycles. The van der Waals surface area contributed by atoms with E-state index in [-0.39, 0.29) is 11.7 Å². The van der Waals surface area contributed by atoms with Gasteiger partial charge in [-0.25, -0.2) is 8.42 Å². The van der Waals surface area contributed by atoms with E-state index in [1.54, 1.807) is 31.4 Å². The summed E-state index contributed by atoms with van der Waals surface area (Å²) < 4.78 is 34.7. The SMILES string of the molecule is COc1ccc(N(C(=O)c2ccc(C)c(C)c2)C2C=CS(=O)(=O)C2)c(OC)c1. The molecule has 1 unspecified atom stereocenters. The Morgan fingerprint density at radius 1 is 1.04 bits per heavy atom. The van der Waals surface area contributed by atoms with Crippen molar-refractivity contribution in [2.45, 2.75) is 19.9 Å². The average Bonchev–Trinajstić information content (AvgIpc) is 3.03. The van der Waals surface area contributed by atoms with Gasteiger partial charge in [0.05, 0.1) is 31.7 Å². The van der Waals surface area contributed by atoms with Crippen LogP contribution in [0.3, 0.4) is 0 Å². The van der Waals surface area contributed by atoms with E-state index in [9.17, 15) is 13.2 Å². The molecule has 0 aliphatic carbocycles. The Kier molecular flexibility index (Phi) is 5.47. The third kappa shape index (κ3) is 3.89. The van der Waals surface area contributed by atoms with E-state index in [1.807, 2.05) is 26.0 Å². The summed E-state index contributed by atoms with van der Waals surface area (Å²) in [6, 6.07) is 9.91. The zero-order valence-corrected chi connectivity index (χ0v) is 17.1. The van der Waals surface area contributed by atoms with Gasteiger partial charge in [0, 0.05) is 17.0 Å². The Morgan fingerprint density at radius 2 is 1.79 bits per heavy atom. The molecule has 0 N–H and O–H groups in total. The van der Waals surface area contributed by atoms with Gasteiger partial charge in [-0.1, -0.05) is 6.07 Å². The molecule has 0 spiro atoms. The summed E-state index contributed by atoms with van der Waals surface area (Å²) >= 11 is 0. The first-order valence-electron chi connectivity index (χ1n) is 8.79. The Hall–Kier alpha value is -2.80. The molecule has 0 radical (unpaired) electrons. The van der Waals surface area contributed by atoms with Crippen LogP contribution in [0.15, 0.2) is 47.9 Å². The Morgan fingerprint density at radius 3 is 2.36 bits per heavy atom. The zero-order chi connectivity index (χ0) is 20.5. The summed E-state index contributed by atoms with van der Waals surface area (Å²) in [6.07, 6.45) is 1.54. The molecule has 1 atom stereocenters. The molecule has 1 heterocycles. The number of hydrogen-bond donors (Lipinski definition) is 0. The van der Waals surface area contributed by atoms with Crippen molar-refractivity contribution in [2.24, 2.45) is 0 Å². The number of carbonyl (C=O) groups excluding carboxylic acids is 1. The van der Waals surface area contributed by atoms with Gasteiger partial charge in [-0.05, 0) is 55.3 Å². The van der Waals surface area contributed by atoms with Crippen LogP contribution < -0.4 is 14.4 Å². The van der Waals surface area contributed by atoms with Crippen molar-refractivity contribution in [3.8, 4) is 11.5 Å². The highest BCUT2D eigenvalue weighted by Gasteiger charge is 2.33. The molecular formula is C21H23NO5S. The Labute approximate surface area is 165 Å². The first-order valence-corrected chi connectivity index (χ1v) is 10.5. The third-order valence-corrected chi connectivity index (χ3v) is 6.24. The van der Waals surface area contributed by atoms with Gasteiger partial charge in [0.15, 0.2) is 9.84 Å². The van der Waals surface area contributed by atoms with Crippen molar-refractivity contribution in [1.82, 2.24) is 0 Å². The van der Waals surface area contributed by atoms with E-state index in [4.69, 9.17) is 9.47 Å². The molecule has 1 amide bonds. The number of benzene rings is 2. The topological polar surface area (TPSA) is 72.9 Å². The number of anilines is 1. The maximum atomic E-state index is 13.4. The van der Waals surface area contributed by atoms with Gasteiger partial charge in [0.25, 0.3) is 5.91 Å². The van der Waals surface area contributed by atoms with Crippen molar-refractivity contribution in [3.63, 3.8) is 0 Å². The molecule has 0 saturated heterocycles. The van der Waals surface area contributed by atoms with Crippen LogP contribution in [0, 0.1) is 13.8 Å². The smallest absolute Gasteiger partial charge is 0.258 e. The molecule has 2 aromatic carbocycles. The largest absolute Gasteiger partial charge is 0.497 e. The van der Waals surface area contributed by atoms with Crippen LogP contribution in [0.25, 0.3) is 0 Å². The third-order valence-electron chi connectivity index (χ3n) is 4.86. The molecule has 7 heteroatoms. The molecule has 2 aromatic rings. The fourth-order valence-electron chi connectivity index (χ4n) is 3.16. The van der Waals surface area contributed by atoms with E-state index in [1.165, 1.54) is 18.1 Å². The normalized spacial score (nSPS) is 17.4. The van der Waals surface area contributed by atoms with Crippen molar-refractivity contribution >= 4 is 21.4 Å². The average molecular weight is 401 g/mol. The zero-order valence-electron chi connectivity index (χ0n) is 16.3. The fourth-order valence-corrected chi connectivity index (χ4v) is 4.42. The van der Waals surface area contributed by atoms with Gasteiger partial charge in [-0.2, -0.15) is 0 Å². The summed E-state index contributed by atoms with van der Waals surface area (Å²) in [5.74, 6) is 0.542. The van der Waals surface area contributed by atoms with Gasteiger partial charge in [0.1, 0.15) is 11.5 Å². The summed E-state index contributed by atoms with van der Waals surface area (Å²) in [5, 5.41) is 1.16. The molecule has 28 heavy (non-hydrogen) atoms. The fraction of sp³-hybridized carbons (Fsp3) is 0.286. The minimum absolute atomic E-state index is 0.168. The second-order valence-corrected chi connectivity index (χ2v) is 8.67.